The van der Waals surface area contributed by atoms with Crippen LogP contribution >= 0.6 is 11.3 Å². The van der Waals surface area contributed by atoms with Gasteiger partial charge in [0, 0.05) is 26.1 Å². The van der Waals surface area contributed by atoms with Gasteiger partial charge in [0.2, 0.25) is 0 Å². The third-order valence-corrected chi connectivity index (χ3v) is 7.83. The molecule has 244 valence electrons. The minimum atomic E-state index is -2.19. The van der Waals surface area contributed by atoms with Crippen LogP contribution in [-0.4, -0.2) is 70.4 Å². The maximum absolute atomic E-state index is 13.4. The number of amides is 1. The first-order chi connectivity index (χ1) is 21.9. The Morgan fingerprint density at radius 1 is 0.848 bits per heavy atom. The van der Waals surface area contributed by atoms with Gasteiger partial charge >= 0.3 is 0 Å². The molecule has 15 heteroatoms. The largest absolute Gasteiger partial charge is 0.543 e. The highest BCUT2D eigenvalue weighted by atomic mass is 32.1. The second-order valence-electron chi connectivity index (χ2n) is 10.1. The predicted molar refractivity (Wildman–Crippen MR) is 155 cm³/mol. The van der Waals surface area contributed by atoms with Crippen molar-refractivity contribution in [3.63, 3.8) is 0 Å². The van der Waals surface area contributed by atoms with Crippen LogP contribution in [-0.2, 0) is 32.1 Å². The Hall–Kier alpha value is -5.15. The molecule has 2 aromatic carbocycles. The van der Waals surface area contributed by atoms with Gasteiger partial charge in [-0.1, -0.05) is 30.3 Å². The average molecular weight is 653 g/mol. The lowest BCUT2D eigenvalue weighted by Gasteiger charge is -2.31. The molecule has 1 N–H and O–H groups in total. The monoisotopic (exact) mass is 652 g/mol. The Balaban J connectivity index is 0.000000410. The van der Waals surface area contributed by atoms with Crippen LogP contribution in [0, 0.1) is 11.7 Å². The number of nitrogens with zero attached hydrogens (tertiary/aromatic N) is 3. The Labute approximate surface area is 266 Å². The van der Waals surface area contributed by atoms with Crippen molar-refractivity contribution in [1.82, 2.24) is 19.8 Å². The van der Waals surface area contributed by atoms with E-state index < -0.39 is 23.9 Å². The molecule has 1 saturated heterocycles. The van der Waals surface area contributed by atoms with E-state index in [1.807, 2.05) is 41.8 Å². The molecule has 0 radical (unpaired) electrons. The average Bonchev–Trinajstić information content (AvgIpc) is 3.69. The van der Waals surface area contributed by atoms with E-state index in [1.165, 1.54) is 23.5 Å². The van der Waals surface area contributed by atoms with Gasteiger partial charge in [0.25, 0.3) is 5.91 Å². The fourth-order valence-corrected chi connectivity index (χ4v) is 5.36. The summed E-state index contributed by atoms with van der Waals surface area (Å²) in [4.78, 5) is 56.0. The second-order valence-corrected chi connectivity index (χ2v) is 11.0. The first kappa shape index (κ1) is 35.3. The lowest BCUT2D eigenvalue weighted by atomic mass is 9.93. The number of fused-ring (bicyclic) bond motifs is 1. The fraction of sp³-hybridized carbons (Fsp3) is 0.290. The van der Waals surface area contributed by atoms with Crippen LogP contribution in [0.15, 0.2) is 66.0 Å². The van der Waals surface area contributed by atoms with Crippen molar-refractivity contribution in [3.8, 4) is 0 Å². The van der Waals surface area contributed by atoms with E-state index in [-0.39, 0.29) is 11.7 Å². The third-order valence-electron chi connectivity index (χ3n) is 6.96. The van der Waals surface area contributed by atoms with Gasteiger partial charge in [0.15, 0.2) is 0 Å². The molecule has 0 aliphatic carbocycles. The highest BCUT2D eigenvalue weighted by molar-refractivity contribution is 7.12. The number of carbonyl (C=O) groups excluding carboxylic acids is 5. The van der Waals surface area contributed by atoms with Crippen LogP contribution in [0.1, 0.15) is 33.9 Å². The number of aromatic nitrogens is 2. The van der Waals surface area contributed by atoms with Crippen LogP contribution in [0.5, 0.6) is 0 Å². The molecule has 3 heterocycles. The molecular formula is C31H29FN4O9S-4. The maximum Gasteiger partial charge on any atom is 0.261 e. The van der Waals surface area contributed by atoms with Crippen molar-refractivity contribution in [2.75, 3.05) is 26.2 Å². The quantitative estimate of drug-likeness (QED) is 0.205. The van der Waals surface area contributed by atoms with Crippen LogP contribution in [0.3, 0.4) is 0 Å². The van der Waals surface area contributed by atoms with E-state index in [2.05, 4.69) is 26.9 Å². The normalized spacial score (nSPS) is 13.1. The molecule has 0 saturated carbocycles. The van der Waals surface area contributed by atoms with Crippen molar-refractivity contribution in [2.45, 2.75) is 25.8 Å². The zero-order valence-electron chi connectivity index (χ0n) is 24.4. The predicted octanol–water partition coefficient (Wildman–Crippen LogP) is -2.06. The Bertz CT molecular complexity index is 1590. The summed E-state index contributed by atoms with van der Waals surface area (Å²) >= 11 is 1.47. The molecule has 0 atom stereocenters. The molecule has 1 aliphatic heterocycles. The minimum Gasteiger partial charge on any atom is -0.543 e. The summed E-state index contributed by atoms with van der Waals surface area (Å²) in [6.07, 6.45) is 3.19. The number of carbonyl (C=O) groups is 5. The fourth-order valence-electron chi connectivity index (χ4n) is 4.72. The van der Waals surface area contributed by atoms with Gasteiger partial charge in [-0.05, 0) is 73.1 Å². The molecule has 1 fully saturated rings. The number of carboxylic acids is 4. The number of piperidine rings is 1. The molecule has 1 aliphatic rings. The number of para-hydroxylation sites is 2. The van der Waals surface area contributed by atoms with Crippen molar-refractivity contribution in [1.29, 1.82) is 0 Å². The lowest BCUT2D eigenvalue weighted by molar-refractivity contribution is -0.345. The summed E-state index contributed by atoms with van der Waals surface area (Å²) in [7, 11) is 0. The van der Waals surface area contributed by atoms with Crippen molar-refractivity contribution >= 4 is 52.2 Å². The number of benzene rings is 2. The molecule has 4 aromatic rings. The topological polar surface area (TPSA) is 211 Å². The van der Waals surface area contributed by atoms with E-state index in [1.54, 1.807) is 0 Å². The standard InChI is InChI=1S/C27H29FN4OS.2C2H2O4/c28-22-9-7-21(8-10-22)19-32-24-5-2-1-4-23(24)30-26(32)18-20-11-14-31(15-12-20)16-13-29-27(33)25-6-3-17-34-25;2*3-1(4)2(5)6/h1-10,17,20H,11-16,18-19H2,(H,29,33);2*(H,3,4)(H,5,6)/p-4. The number of aliphatic carboxylic acids is 4. The molecule has 0 unspecified atom stereocenters. The second kappa shape index (κ2) is 17.4. The third kappa shape index (κ3) is 11.1. The summed E-state index contributed by atoms with van der Waals surface area (Å²) in [6, 6.07) is 18.7. The van der Waals surface area contributed by atoms with E-state index in [0.29, 0.717) is 19.0 Å². The number of halogens is 1. The number of hydrogen-bond donors (Lipinski definition) is 1. The Morgan fingerprint density at radius 2 is 1.46 bits per heavy atom. The number of rotatable bonds is 8. The van der Waals surface area contributed by atoms with Crippen LogP contribution < -0.4 is 25.7 Å². The number of hydrogen-bond acceptors (Lipinski definition) is 12. The molecule has 13 nitrogen and oxygen atoms in total. The van der Waals surface area contributed by atoms with Gasteiger partial charge in [-0.25, -0.2) is 9.37 Å². The molecule has 5 rings (SSSR count). The smallest absolute Gasteiger partial charge is 0.261 e. The molecular weight excluding hydrogens is 623 g/mol. The van der Waals surface area contributed by atoms with Crippen molar-refractivity contribution < 1.29 is 48.8 Å². The number of carboxylic acid groups (broad SMARTS) is 4. The SMILES string of the molecule is O=C(NCCN1CCC(Cc2nc3ccccc3n2Cc2ccc(F)cc2)CC1)c1cccs1.O=C([O-])C(=O)[O-].O=C([O-])C(=O)[O-]. The van der Waals surface area contributed by atoms with Crippen LogP contribution in [0.2, 0.25) is 0 Å². The van der Waals surface area contributed by atoms with E-state index in [0.717, 1.165) is 66.2 Å². The molecule has 0 bridgehead atoms. The number of likely N-dealkylation sites (tertiary alicyclic amines) is 1. The van der Waals surface area contributed by atoms with Crippen LogP contribution in [0.25, 0.3) is 11.0 Å². The number of nitrogens with one attached hydrogen (secondary N) is 1. The summed E-state index contributed by atoms with van der Waals surface area (Å²) in [5.74, 6) is -7.25. The lowest BCUT2D eigenvalue weighted by Crippen LogP contribution is -2.42. The maximum atomic E-state index is 13.4. The number of thiophene rings is 1. The molecule has 0 spiro atoms. The van der Waals surface area contributed by atoms with E-state index in [9.17, 15) is 9.18 Å². The minimum absolute atomic E-state index is 0.0185. The number of imidazole rings is 1. The van der Waals surface area contributed by atoms with Gasteiger partial charge in [-0.3, -0.25) is 4.79 Å². The first-order valence-corrected chi connectivity index (χ1v) is 14.9. The first-order valence-electron chi connectivity index (χ1n) is 14.0. The van der Waals surface area contributed by atoms with Crippen molar-refractivity contribution in [3.05, 3.63) is 88.1 Å². The Kier molecular flexibility index (Phi) is 13.3. The van der Waals surface area contributed by atoms with Crippen LogP contribution in [0.4, 0.5) is 4.39 Å². The zero-order valence-corrected chi connectivity index (χ0v) is 25.2. The molecule has 2 aromatic heterocycles. The van der Waals surface area contributed by atoms with Gasteiger partial charge < -0.3 is 54.4 Å². The van der Waals surface area contributed by atoms with Gasteiger partial charge in [-0.15, -0.1) is 11.3 Å². The molecule has 1 amide bonds. The summed E-state index contributed by atoms with van der Waals surface area (Å²) < 4.78 is 15.7. The van der Waals surface area contributed by atoms with E-state index >= 15 is 0 Å². The van der Waals surface area contributed by atoms with Gasteiger partial charge in [0.05, 0.1) is 39.8 Å². The van der Waals surface area contributed by atoms with Gasteiger partial charge in [-0.2, -0.15) is 0 Å². The zero-order chi connectivity index (χ0) is 33.6. The summed E-state index contributed by atoms with van der Waals surface area (Å²) in [6.45, 7) is 4.33. The summed E-state index contributed by atoms with van der Waals surface area (Å²) in [5, 5.41) is 40.7. The Morgan fingerprint density at radius 3 is 2.02 bits per heavy atom. The van der Waals surface area contributed by atoms with E-state index in [4.69, 9.17) is 44.6 Å². The highest BCUT2D eigenvalue weighted by Gasteiger charge is 2.22. The summed E-state index contributed by atoms with van der Waals surface area (Å²) in [5.41, 5.74) is 3.21. The van der Waals surface area contributed by atoms with Crippen molar-refractivity contribution in [2.24, 2.45) is 5.92 Å². The molecule has 46 heavy (non-hydrogen) atoms. The highest BCUT2D eigenvalue weighted by Crippen LogP contribution is 2.25. The van der Waals surface area contributed by atoms with Gasteiger partial charge in [0.1, 0.15) is 11.6 Å².